The molecule has 5 nitrogen and oxygen atoms in total. The number of nitrogens with one attached hydrogen (secondary N) is 1. The molecule has 0 saturated carbocycles. The lowest BCUT2D eigenvalue weighted by Gasteiger charge is -2.32. The van der Waals surface area contributed by atoms with Crippen LogP contribution in [-0.2, 0) is 9.59 Å². The quantitative estimate of drug-likeness (QED) is 0.766. The molecule has 22 heavy (non-hydrogen) atoms. The van der Waals surface area contributed by atoms with Gasteiger partial charge in [-0.15, -0.1) is 0 Å². The van der Waals surface area contributed by atoms with E-state index in [9.17, 15) is 9.59 Å². The Hall–Kier alpha value is -1.15. The first-order valence-electron chi connectivity index (χ1n) is 7.44. The van der Waals surface area contributed by atoms with Gasteiger partial charge in [0.05, 0.1) is 12.5 Å². The van der Waals surface area contributed by atoms with Gasteiger partial charge >= 0.3 is 0 Å². The Morgan fingerprint density at radius 2 is 2.00 bits per heavy atom. The molecule has 6 heteroatoms. The van der Waals surface area contributed by atoms with E-state index in [2.05, 4.69) is 32.8 Å². The summed E-state index contributed by atoms with van der Waals surface area (Å²) in [6, 6.07) is 7.72. The fourth-order valence-corrected chi connectivity index (χ4v) is 3.06. The first kappa shape index (κ1) is 17.2. The fraction of sp³-hybridized carbons (Fsp3) is 0.500. The lowest BCUT2D eigenvalue weighted by molar-refractivity contribution is -0.135. The molecule has 1 aliphatic rings. The van der Waals surface area contributed by atoms with E-state index in [0.717, 1.165) is 28.6 Å². The minimum Gasteiger partial charge on any atom is -0.349 e. The molecule has 2 amide bonds. The van der Waals surface area contributed by atoms with Crippen molar-refractivity contribution < 1.29 is 9.59 Å². The number of anilines is 1. The Kier molecular flexibility index (Phi) is 6.19. The topological polar surface area (TPSA) is 52.7 Å². The molecule has 1 N–H and O–H groups in total. The number of hydrogen-bond acceptors (Lipinski definition) is 3. The fourth-order valence-electron chi connectivity index (χ4n) is 2.70. The zero-order chi connectivity index (χ0) is 16.1. The summed E-state index contributed by atoms with van der Waals surface area (Å²) in [5, 5.41) is 2.90. The van der Waals surface area contributed by atoms with Crippen LogP contribution in [0, 0.1) is 9.49 Å². The Morgan fingerprint density at radius 3 is 2.64 bits per heavy atom. The maximum absolute atomic E-state index is 12.1. The number of amides is 2. The van der Waals surface area contributed by atoms with Gasteiger partial charge in [-0.25, -0.2) is 0 Å². The zero-order valence-electron chi connectivity index (χ0n) is 13.0. The summed E-state index contributed by atoms with van der Waals surface area (Å²) >= 11 is 2.23. The number of piperidine rings is 1. The smallest absolute Gasteiger partial charge is 0.238 e. The van der Waals surface area contributed by atoms with Gasteiger partial charge in [-0.3, -0.25) is 14.5 Å². The molecule has 0 spiro atoms. The number of carbonyl (C=O) groups is 2. The van der Waals surface area contributed by atoms with Gasteiger partial charge in [0.2, 0.25) is 11.8 Å². The van der Waals surface area contributed by atoms with Gasteiger partial charge in [0.15, 0.2) is 0 Å². The van der Waals surface area contributed by atoms with Crippen molar-refractivity contribution in [2.75, 3.05) is 39.0 Å². The SMILES string of the molecule is CN(C)C(=O)C1CCCN(CC(=O)Nc2ccc(I)cc2)C1. The van der Waals surface area contributed by atoms with Crippen LogP contribution < -0.4 is 5.32 Å². The van der Waals surface area contributed by atoms with E-state index >= 15 is 0 Å². The highest BCUT2D eigenvalue weighted by molar-refractivity contribution is 14.1. The van der Waals surface area contributed by atoms with Crippen molar-refractivity contribution in [3.63, 3.8) is 0 Å². The van der Waals surface area contributed by atoms with E-state index in [1.54, 1.807) is 19.0 Å². The lowest BCUT2D eigenvalue weighted by atomic mass is 9.97. The average molecular weight is 415 g/mol. The van der Waals surface area contributed by atoms with E-state index in [4.69, 9.17) is 0 Å². The molecular weight excluding hydrogens is 393 g/mol. The first-order valence-corrected chi connectivity index (χ1v) is 8.52. The van der Waals surface area contributed by atoms with Crippen LogP contribution in [0.1, 0.15) is 12.8 Å². The maximum atomic E-state index is 12.1. The van der Waals surface area contributed by atoms with Gasteiger partial charge in [0, 0.05) is 29.9 Å². The molecule has 1 aromatic carbocycles. The molecule has 0 aromatic heterocycles. The van der Waals surface area contributed by atoms with Crippen LogP contribution in [-0.4, -0.2) is 55.3 Å². The van der Waals surface area contributed by atoms with Crippen molar-refractivity contribution in [2.24, 2.45) is 5.92 Å². The van der Waals surface area contributed by atoms with Crippen molar-refractivity contribution in [3.05, 3.63) is 27.8 Å². The van der Waals surface area contributed by atoms with Crippen LogP contribution in [0.25, 0.3) is 0 Å². The third-order valence-electron chi connectivity index (χ3n) is 3.79. The number of likely N-dealkylation sites (tertiary alicyclic amines) is 1. The predicted molar refractivity (Wildman–Crippen MR) is 95.6 cm³/mol. The Labute approximate surface area is 145 Å². The van der Waals surface area contributed by atoms with Gasteiger partial charge in [-0.05, 0) is 66.2 Å². The van der Waals surface area contributed by atoms with Gasteiger partial charge < -0.3 is 10.2 Å². The Balaban J connectivity index is 1.85. The van der Waals surface area contributed by atoms with Gasteiger partial charge in [-0.2, -0.15) is 0 Å². The van der Waals surface area contributed by atoms with E-state index in [0.29, 0.717) is 13.1 Å². The second kappa shape index (κ2) is 7.92. The van der Waals surface area contributed by atoms with E-state index < -0.39 is 0 Å². The summed E-state index contributed by atoms with van der Waals surface area (Å²) in [5.74, 6) is 0.136. The van der Waals surface area contributed by atoms with Gasteiger partial charge in [-0.1, -0.05) is 0 Å². The highest BCUT2D eigenvalue weighted by atomic mass is 127. The minimum absolute atomic E-state index is 0.00912. The van der Waals surface area contributed by atoms with E-state index in [-0.39, 0.29) is 17.7 Å². The predicted octanol–water partition coefficient (Wildman–Crippen LogP) is 2.03. The standard InChI is InChI=1S/C16H22IN3O2/c1-19(2)16(22)12-4-3-9-20(10-12)11-15(21)18-14-7-5-13(17)6-8-14/h5-8,12H,3-4,9-11H2,1-2H3,(H,18,21). The monoisotopic (exact) mass is 415 g/mol. The number of rotatable bonds is 4. The summed E-state index contributed by atoms with van der Waals surface area (Å²) < 4.78 is 1.14. The Morgan fingerprint density at radius 1 is 1.32 bits per heavy atom. The van der Waals surface area contributed by atoms with Crippen LogP contribution in [0.15, 0.2) is 24.3 Å². The summed E-state index contributed by atoms with van der Waals surface area (Å²) in [7, 11) is 3.57. The highest BCUT2D eigenvalue weighted by Crippen LogP contribution is 2.18. The number of benzene rings is 1. The maximum Gasteiger partial charge on any atom is 0.238 e. The second-order valence-corrected chi connectivity index (χ2v) is 7.11. The van der Waals surface area contributed by atoms with Crippen molar-refractivity contribution >= 4 is 40.1 Å². The third-order valence-corrected chi connectivity index (χ3v) is 4.51. The van der Waals surface area contributed by atoms with Crippen LogP contribution in [0.4, 0.5) is 5.69 Å². The third kappa shape index (κ3) is 4.95. The number of hydrogen-bond donors (Lipinski definition) is 1. The van der Waals surface area contributed by atoms with Gasteiger partial charge in [0.25, 0.3) is 0 Å². The molecular formula is C16H22IN3O2. The summed E-state index contributed by atoms with van der Waals surface area (Å²) in [5.41, 5.74) is 0.809. The number of nitrogens with zero attached hydrogens (tertiary/aromatic N) is 2. The van der Waals surface area contributed by atoms with E-state index in [1.165, 1.54) is 0 Å². The normalized spacial score (nSPS) is 18.8. The van der Waals surface area contributed by atoms with Crippen molar-refractivity contribution in [1.82, 2.24) is 9.80 Å². The van der Waals surface area contributed by atoms with Crippen molar-refractivity contribution in [2.45, 2.75) is 12.8 Å². The molecule has 0 aliphatic carbocycles. The molecule has 1 fully saturated rings. The summed E-state index contributed by atoms with van der Waals surface area (Å²) in [4.78, 5) is 27.9. The number of halogens is 1. The molecule has 0 bridgehead atoms. The molecule has 120 valence electrons. The van der Waals surface area contributed by atoms with Crippen LogP contribution >= 0.6 is 22.6 Å². The molecule has 1 aromatic rings. The molecule has 1 atom stereocenters. The largest absolute Gasteiger partial charge is 0.349 e. The summed E-state index contributed by atoms with van der Waals surface area (Å²) in [6.45, 7) is 1.87. The molecule has 1 heterocycles. The average Bonchev–Trinajstić information content (AvgIpc) is 2.49. The van der Waals surface area contributed by atoms with Crippen LogP contribution in [0.2, 0.25) is 0 Å². The molecule has 1 saturated heterocycles. The van der Waals surface area contributed by atoms with Crippen LogP contribution in [0.5, 0.6) is 0 Å². The second-order valence-electron chi connectivity index (χ2n) is 5.86. The zero-order valence-corrected chi connectivity index (χ0v) is 15.2. The van der Waals surface area contributed by atoms with E-state index in [1.807, 2.05) is 24.3 Å². The summed E-state index contributed by atoms with van der Waals surface area (Å²) in [6.07, 6.45) is 1.87. The van der Waals surface area contributed by atoms with Gasteiger partial charge in [0.1, 0.15) is 0 Å². The molecule has 1 unspecified atom stereocenters. The van der Waals surface area contributed by atoms with Crippen molar-refractivity contribution in [1.29, 1.82) is 0 Å². The molecule has 0 radical (unpaired) electrons. The lowest BCUT2D eigenvalue weighted by Crippen LogP contribution is -2.45. The first-order chi connectivity index (χ1) is 10.5. The highest BCUT2D eigenvalue weighted by Gasteiger charge is 2.27. The van der Waals surface area contributed by atoms with Crippen LogP contribution in [0.3, 0.4) is 0 Å². The molecule has 1 aliphatic heterocycles. The minimum atomic E-state index is -0.0286. The molecule has 2 rings (SSSR count). The number of carbonyl (C=O) groups excluding carboxylic acids is 2. The van der Waals surface area contributed by atoms with Crippen molar-refractivity contribution in [3.8, 4) is 0 Å². The Bertz CT molecular complexity index is 531.